The van der Waals surface area contributed by atoms with Gasteiger partial charge in [-0.1, -0.05) is 0 Å². The number of hydrogen-bond acceptors (Lipinski definition) is 4. The summed E-state index contributed by atoms with van der Waals surface area (Å²) in [6, 6.07) is 5.77. The van der Waals surface area contributed by atoms with Crippen LogP contribution in [-0.2, 0) is 0 Å². The standard InChI is InChI=1S/C17H19BrN4O/c1-12-10-14(18)11-20-16(12)22-8-4-15(5-9-22)21-17(23)13-2-6-19-7-3-13/h2-3,6-7,10-11,15H,4-5,8-9H2,1H3,(H,21,23). The van der Waals surface area contributed by atoms with Crippen molar-refractivity contribution in [1.82, 2.24) is 15.3 Å². The Bertz CT molecular complexity index is 684. The van der Waals surface area contributed by atoms with Crippen molar-refractivity contribution >= 4 is 27.7 Å². The summed E-state index contributed by atoms with van der Waals surface area (Å²) in [5, 5.41) is 3.11. The van der Waals surface area contributed by atoms with Gasteiger partial charge >= 0.3 is 0 Å². The van der Waals surface area contributed by atoms with Crippen LogP contribution in [0.1, 0.15) is 28.8 Å². The lowest BCUT2D eigenvalue weighted by Gasteiger charge is -2.34. The van der Waals surface area contributed by atoms with E-state index in [0.717, 1.165) is 36.2 Å². The third-order valence-electron chi connectivity index (χ3n) is 4.09. The van der Waals surface area contributed by atoms with Crippen molar-refractivity contribution in [2.45, 2.75) is 25.8 Å². The van der Waals surface area contributed by atoms with Gasteiger partial charge in [-0.2, -0.15) is 0 Å². The Kier molecular flexibility index (Phi) is 4.91. The normalized spacial score (nSPS) is 15.5. The number of carbonyl (C=O) groups is 1. The zero-order valence-corrected chi connectivity index (χ0v) is 14.6. The maximum atomic E-state index is 12.2. The molecule has 0 saturated carbocycles. The first kappa shape index (κ1) is 15.9. The molecule has 2 aromatic rings. The number of hydrogen-bond donors (Lipinski definition) is 1. The van der Waals surface area contributed by atoms with E-state index in [2.05, 4.69) is 49.1 Å². The van der Waals surface area contributed by atoms with E-state index in [0.29, 0.717) is 5.56 Å². The van der Waals surface area contributed by atoms with E-state index in [1.807, 2.05) is 6.20 Å². The molecule has 0 unspecified atom stereocenters. The quantitative estimate of drug-likeness (QED) is 0.896. The van der Waals surface area contributed by atoms with E-state index in [4.69, 9.17) is 0 Å². The number of aromatic nitrogens is 2. The smallest absolute Gasteiger partial charge is 0.251 e. The number of piperidine rings is 1. The van der Waals surface area contributed by atoms with E-state index >= 15 is 0 Å². The third kappa shape index (κ3) is 3.88. The average molecular weight is 375 g/mol. The largest absolute Gasteiger partial charge is 0.356 e. The van der Waals surface area contributed by atoms with E-state index in [9.17, 15) is 4.79 Å². The number of halogens is 1. The number of amides is 1. The predicted molar refractivity (Wildman–Crippen MR) is 93.6 cm³/mol. The second-order valence-corrected chi connectivity index (χ2v) is 6.68. The zero-order valence-electron chi connectivity index (χ0n) is 13.0. The van der Waals surface area contributed by atoms with Crippen LogP contribution in [0.2, 0.25) is 0 Å². The van der Waals surface area contributed by atoms with E-state index in [-0.39, 0.29) is 11.9 Å². The first-order valence-corrected chi connectivity index (χ1v) is 8.51. The first-order valence-electron chi connectivity index (χ1n) is 7.71. The van der Waals surface area contributed by atoms with Gasteiger partial charge in [0.1, 0.15) is 5.82 Å². The predicted octanol–water partition coefficient (Wildman–Crippen LogP) is 2.95. The molecular formula is C17H19BrN4O. The van der Waals surface area contributed by atoms with Gasteiger partial charge in [0.25, 0.3) is 5.91 Å². The van der Waals surface area contributed by atoms with Gasteiger partial charge in [0.2, 0.25) is 0 Å². The minimum atomic E-state index is -0.0243. The summed E-state index contributed by atoms with van der Waals surface area (Å²) >= 11 is 3.45. The fraction of sp³-hybridized carbons (Fsp3) is 0.353. The fourth-order valence-electron chi connectivity index (χ4n) is 2.87. The van der Waals surface area contributed by atoms with Gasteiger partial charge in [0.05, 0.1) is 0 Å². The lowest BCUT2D eigenvalue weighted by atomic mass is 10.0. The number of pyridine rings is 2. The topological polar surface area (TPSA) is 58.1 Å². The summed E-state index contributed by atoms with van der Waals surface area (Å²) in [4.78, 5) is 22.9. The van der Waals surface area contributed by atoms with E-state index in [1.54, 1.807) is 24.5 Å². The lowest BCUT2D eigenvalue weighted by molar-refractivity contribution is 0.0931. The third-order valence-corrected chi connectivity index (χ3v) is 4.52. The van der Waals surface area contributed by atoms with E-state index in [1.165, 1.54) is 5.56 Å². The molecule has 0 radical (unpaired) electrons. The van der Waals surface area contributed by atoms with Crippen LogP contribution in [0.25, 0.3) is 0 Å². The van der Waals surface area contributed by atoms with Crippen molar-refractivity contribution in [2.24, 2.45) is 0 Å². The molecule has 1 aliphatic heterocycles. The van der Waals surface area contributed by atoms with Crippen molar-refractivity contribution < 1.29 is 4.79 Å². The van der Waals surface area contributed by atoms with Gasteiger partial charge in [0.15, 0.2) is 0 Å². The highest BCUT2D eigenvalue weighted by molar-refractivity contribution is 9.10. The van der Waals surface area contributed by atoms with Crippen molar-refractivity contribution in [2.75, 3.05) is 18.0 Å². The van der Waals surface area contributed by atoms with Crippen LogP contribution in [0.5, 0.6) is 0 Å². The van der Waals surface area contributed by atoms with Crippen LogP contribution in [-0.4, -0.2) is 35.0 Å². The van der Waals surface area contributed by atoms with Crippen LogP contribution >= 0.6 is 15.9 Å². The number of rotatable bonds is 3. The summed E-state index contributed by atoms with van der Waals surface area (Å²) < 4.78 is 0.998. The van der Waals surface area contributed by atoms with E-state index < -0.39 is 0 Å². The Morgan fingerprint density at radius 1 is 1.30 bits per heavy atom. The van der Waals surface area contributed by atoms with Crippen LogP contribution < -0.4 is 10.2 Å². The molecule has 0 aliphatic carbocycles. The maximum absolute atomic E-state index is 12.2. The molecule has 1 aliphatic rings. The second-order valence-electron chi connectivity index (χ2n) is 5.76. The molecule has 2 aromatic heterocycles. The SMILES string of the molecule is Cc1cc(Br)cnc1N1CCC(NC(=O)c2ccncc2)CC1. The molecule has 0 bridgehead atoms. The molecule has 23 heavy (non-hydrogen) atoms. The molecule has 120 valence electrons. The highest BCUT2D eigenvalue weighted by Crippen LogP contribution is 2.24. The van der Waals surface area contributed by atoms with Crippen molar-refractivity contribution in [3.63, 3.8) is 0 Å². The van der Waals surface area contributed by atoms with Gasteiger partial charge in [0, 0.05) is 47.8 Å². The highest BCUT2D eigenvalue weighted by Gasteiger charge is 2.22. The number of anilines is 1. The van der Waals surface area contributed by atoms with Crippen LogP contribution in [0.4, 0.5) is 5.82 Å². The number of aryl methyl sites for hydroxylation is 1. The molecule has 6 heteroatoms. The Hall–Kier alpha value is -1.95. The molecular weight excluding hydrogens is 356 g/mol. The minimum Gasteiger partial charge on any atom is -0.356 e. The minimum absolute atomic E-state index is 0.0243. The summed E-state index contributed by atoms with van der Waals surface area (Å²) in [6.07, 6.45) is 6.96. The summed E-state index contributed by atoms with van der Waals surface area (Å²) in [6.45, 7) is 3.87. The monoisotopic (exact) mass is 374 g/mol. The van der Waals surface area contributed by atoms with Gasteiger partial charge in [-0.3, -0.25) is 9.78 Å². The zero-order chi connectivity index (χ0) is 16.2. The molecule has 5 nitrogen and oxygen atoms in total. The van der Waals surface area contributed by atoms with Crippen molar-refractivity contribution in [1.29, 1.82) is 0 Å². The Morgan fingerprint density at radius 2 is 2.00 bits per heavy atom. The Labute approximate surface area is 144 Å². The number of carbonyl (C=O) groups excluding carboxylic acids is 1. The van der Waals surface area contributed by atoms with Gasteiger partial charge in [-0.05, 0) is 59.5 Å². The second kappa shape index (κ2) is 7.08. The Balaban J connectivity index is 1.57. The molecule has 3 heterocycles. The summed E-state index contributed by atoms with van der Waals surface area (Å²) in [5.41, 5.74) is 1.83. The molecule has 1 N–H and O–H groups in total. The van der Waals surface area contributed by atoms with Crippen molar-refractivity contribution in [3.05, 3.63) is 52.4 Å². The summed E-state index contributed by atoms with van der Waals surface area (Å²) in [7, 11) is 0. The van der Waals surface area contributed by atoms with Gasteiger partial charge in [-0.15, -0.1) is 0 Å². The fourth-order valence-corrected chi connectivity index (χ4v) is 3.32. The first-order chi connectivity index (χ1) is 11.1. The van der Waals surface area contributed by atoms with Crippen LogP contribution in [0, 0.1) is 6.92 Å². The lowest BCUT2D eigenvalue weighted by Crippen LogP contribution is -2.45. The maximum Gasteiger partial charge on any atom is 0.251 e. The molecule has 1 saturated heterocycles. The van der Waals surface area contributed by atoms with Crippen LogP contribution in [0.3, 0.4) is 0 Å². The average Bonchev–Trinajstić information content (AvgIpc) is 2.57. The molecule has 3 rings (SSSR count). The molecule has 0 aromatic carbocycles. The molecule has 1 fully saturated rings. The summed E-state index contributed by atoms with van der Waals surface area (Å²) in [5.74, 6) is 1.01. The number of nitrogens with zero attached hydrogens (tertiary/aromatic N) is 3. The van der Waals surface area contributed by atoms with Gasteiger partial charge in [-0.25, -0.2) is 4.98 Å². The Morgan fingerprint density at radius 3 is 2.65 bits per heavy atom. The van der Waals surface area contributed by atoms with Crippen molar-refractivity contribution in [3.8, 4) is 0 Å². The van der Waals surface area contributed by atoms with Crippen LogP contribution in [0.15, 0.2) is 41.3 Å². The molecule has 0 spiro atoms. The van der Waals surface area contributed by atoms with Gasteiger partial charge < -0.3 is 10.2 Å². The number of nitrogens with one attached hydrogen (secondary N) is 1. The highest BCUT2D eigenvalue weighted by atomic mass is 79.9. The molecule has 0 atom stereocenters. The molecule has 1 amide bonds.